The summed E-state index contributed by atoms with van der Waals surface area (Å²) < 4.78 is 28.4. The van der Waals surface area contributed by atoms with Gasteiger partial charge in [-0.1, -0.05) is 6.07 Å². The molecule has 1 aromatic rings. The molecule has 1 aromatic heterocycles. The van der Waals surface area contributed by atoms with Crippen LogP contribution in [0.4, 0.5) is 10.6 Å². The molecule has 1 amide bonds. The van der Waals surface area contributed by atoms with Crippen molar-refractivity contribution in [2.24, 2.45) is 5.14 Å². The molecule has 0 saturated carbocycles. The third kappa shape index (κ3) is 6.07. The van der Waals surface area contributed by atoms with E-state index in [2.05, 4.69) is 24.1 Å². The van der Waals surface area contributed by atoms with Crippen molar-refractivity contribution in [3.63, 3.8) is 0 Å². The second kappa shape index (κ2) is 8.24. The second-order valence-electron chi connectivity index (χ2n) is 8.83. The van der Waals surface area contributed by atoms with Gasteiger partial charge in [0.15, 0.2) is 5.03 Å². The lowest BCUT2D eigenvalue weighted by Gasteiger charge is -2.37. The van der Waals surface area contributed by atoms with Crippen LogP contribution < -0.4 is 10.5 Å². The zero-order valence-electron chi connectivity index (χ0n) is 17.4. The fourth-order valence-corrected chi connectivity index (χ4v) is 3.96. The van der Waals surface area contributed by atoms with Crippen molar-refractivity contribution in [2.45, 2.75) is 82.5 Å². The Morgan fingerprint density at radius 3 is 2.68 bits per heavy atom. The Balaban J connectivity index is 1.92. The topological polar surface area (TPSA) is 115 Å². The molecule has 0 spiro atoms. The Morgan fingerprint density at radius 2 is 2.07 bits per heavy atom. The highest BCUT2D eigenvalue weighted by Gasteiger charge is 2.43. The van der Waals surface area contributed by atoms with E-state index in [1.54, 1.807) is 12.1 Å². The zero-order valence-corrected chi connectivity index (χ0v) is 18.2. The van der Waals surface area contributed by atoms with Gasteiger partial charge in [0, 0.05) is 18.1 Å². The van der Waals surface area contributed by atoms with E-state index >= 15 is 0 Å². The molecule has 8 nitrogen and oxygen atoms in total. The van der Waals surface area contributed by atoms with Crippen molar-refractivity contribution in [2.75, 3.05) is 11.9 Å². The van der Waals surface area contributed by atoms with Gasteiger partial charge in [0.05, 0.1) is 0 Å². The van der Waals surface area contributed by atoms with Crippen molar-refractivity contribution in [1.82, 2.24) is 9.88 Å². The highest BCUT2D eigenvalue weighted by atomic mass is 32.2. The predicted molar refractivity (Wildman–Crippen MR) is 109 cm³/mol. The molecular weight excluding hydrogens is 380 g/mol. The van der Waals surface area contributed by atoms with Gasteiger partial charge in [0.25, 0.3) is 10.0 Å². The summed E-state index contributed by atoms with van der Waals surface area (Å²) in [5.74, 6) is 0.460. The number of ether oxygens (including phenoxy) is 1. The monoisotopic (exact) mass is 412 g/mol. The Kier molecular flexibility index (Phi) is 6.60. The molecule has 1 aliphatic heterocycles. The number of rotatable bonds is 6. The van der Waals surface area contributed by atoms with Crippen LogP contribution in [0.2, 0.25) is 0 Å². The maximum atomic E-state index is 12.7. The minimum absolute atomic E-state index is 0.121. The van der Waals surface area contributed by atoms with E-state index < -0.39 is 15.6 Å². The standard InChI is InChI=1S/C19H32N4O4S/c1-18(2,3)27-17(24)23-14(11-12-19(23,4)5)8-7-13-21-15-9-6-10-16(22-15)28(20,25)26/h6,9-10,14H,7-8,11-13H2,1-5H3,(H,21,22)(H2,20,25,26)/t14-/m0/s1. The number of likely N-dealkylation sites (tertiary alicyclic amines) is 1. The molecule has 28 heavy (non-hydrogen) atoms. The number of nitrogens with two attached hydrogens (primary N) is 1. The van der Waals surface area contributed by atoms with E-state index in [9.17, 15) is 13.2 Å². The lowest BCUT2D eigenvalue weighted by Crippen LogP contribution is -2.49. The highest BCUT2D eigenvalue weighted by Crippen LogP contribution is 2.36. The first-order chi connectivity index (χ1) is 12.8. The van der Waals surface area contributed by atoms with E-state index in [1.807, 2.05) is 25.7 Å². The fourth-order valence-electron chi connectivity index (χ4n) is 3.47. The molecule has 0 bridgehead atoms. The number of sulfonamides is 1. The summed E-state index contributed by atoms with van der Waals surface area (Å²) in [6.45, 7) is 10.4. The number of nitrogens with one attached hydrogen (secondary N) is 1. The zero-order chi connectivity index (χ0) is 21.2. The van der Waals surface area contributed by atoms with Gasteiger partial charge >= 0.3 is 6.09 Å². The van der Waals surface area contributed by atoms with Gasteiger partial charge in [0.1, 0.15) is 11.4 Å². The van der Waals surface area contributed by atoms with Gasteiger partial charge in [-0.3, -0.25) is 0 Å². The number of pyridine rings is 1. The number of anilines is 1. The van der Waals surface area contributed by atoms with Crippen molar-refractivity contribution in [3.05, 3.63) is 18.2 Å². The van der Waals surface area contributed by atoms with Gasteiger partial charge in [-0.25, -0.2) is 23.3 Å². The van der Waals surface area contributed by atoms with Crippen LogP contribution in [0.25, 0.3) is 0 Å². The van der Waals surface area contributed by atoms with E-state index in [4.69, 9.17) is 9.88 Å². The normalized spacial score (nSPS) is 19.5. The quantitative estimate of drug-likeness (QED) is 0.694. The van der Waals surface area contributed by atoms with Gasteiger partial charge < -0.3 is 15.0 Å². The summed E-state index contributed by atoms with van der Waals surface area (Å²) in [7, 11) is -3.82. The Bertz CT molecular complexity index is 802. The molecule has 1 atom stereocenters. The first-order valence-electron chi connectivity index (χ1n) is 9.56. The van der Waals surface area contributed by atoms with Crippen LogP contribution in [0.3, 0.4) is 0 Å². The number of nitrogens with zero attached hydrogens (tertiary/aromatic N) is 2. The van der Waals surface area contributed by atoms with Crippen LogP contribution in [0.15, 0.2) is 23.2 Å². The Morgan fingerprint density at radius 1 is 1.39 bits per heavy atom. The molecule has 1 aliphatic rings. The van der Waals surface area contributed by atoms with Crippen molar-refractivity contribution in [3.8, 4) is 0 Å². The SMILES string of the molecule is CC(C)(C)OC(=O)N1[C@@H](CCCNc2cccc(S(N)(=O)=O)n2)CCC1(C)C. The number of carbonyl (C=O) groups is 1. The average Bonchev–Trinajstić information content (AvgIpc) is 2.84. The first-order valence-corrected chi connectivity index (χ1v) is 11.1. The van der Waals surface area contributed by atoms with Gasteiger partial charge in [-0.2, -0.15) is 0 Å². The number of hydrogen-bond donors (Lipinski definition) is 2. The summed E-state index contributed by atoms with van der Waals surface area (Å²) in [6, 6.07) is 4.77. The Labute approximate surface area is 167 Å². The molecular formula is C19H32N4O4S. The van der Waals surface area contributed by atoms with Crippen molar-refractivity contribution < 1.29 is 17.9 Å². The summed E-state index contributed by atoms with van der Waals surface area (Å²) in [5, 5.41) is 8.07. The smallest absolute Gasteiger partial charge is 0.410 e. The average molecular weight is 413 g/mol. The van der Waals surface area contributed by atoms with Crippen molar-refractivity contribution in [1.29, 1.82) is 0 Å². The molecule has 3 N–H and O–H groups in total. The molecule has 2 heterocycles. The molecule has 0 radical (unpaired) electrons. The minimum Gasteiger partial charge on any atom is -0.444 e. The van der Waals surface area contributed by atoms with Crippen LogP contribution in [0, 0.1) is 0 Å². The summed E-state index contributed by atoms with van der Waals surface area (Å²) >= 11 is 0. The Hall–Kier alpha value is -1.87. The highest BCUT2D eigenvalue weighted by molar-refractivity contribution is 7.89. The molecule has 0 aliphatic carbocycles. The maximum absolute atomic E-state index is 12.7. The molecule has 9 heteroatoms. The molecule has 1 fully saturated rings. The fraction of sp³-hybridized carbons (Fsp3) is 0.684. The second-order valence-corrected chi connectivity index (χ2v) is 10.3. The van der Waals surface area contributed by atoms with Crippen molar-refractivity contribution >= 4 is 21.9 Å². The van der Waals surface area contributed by atoms with Crippen LogP contribution in [-0.2, 0) is 14.8 Å². The van der Waals surface area contributed by atoms with E-state index in [0.29, 0.717) is 12.4 Å². The van der Waals surface area contributed by atoms with Gasteiger partial charge in [-0.15, -0.1) is 0 Å². The van der Waals surface area contributed by atoms with Gasteiger partial charge in [-0.05, 0) is 72.4 Å². The van der Waals surface area contributed by atoms with Crippen LogP contribution in [0.5, 0.6) is 0 Å². The number of hydrogen-bond acceptors (Lipinski definition) is 6. The molecule has 158 valence electrons. The van der Waals surface area contributed by atoms with E-state index in [0.717, 1.165) is 25.7 Å². The molecule has 0 aromatic carbocycles. The number of aromatic nitrogens is 1. The molecule has 0 unspecified atom stereocenters. The minimum atomic E-state index is -3.82. The predicted octanol–water partition coefficient (Wildman–Crippen LogP) is 3.10. The van der Waals surface area contributed by atoms with Crippen LogP contribution in [-0.4, -0.2) is 48.1 Å². The van der Waals surface area contributed by atoms with Crippen LogP contribution >= 0.6 is 0 Å². The largest absolute Gasteiger partial charge is 0.444 e. The maximum Gasteiger partial charge on any atom is 0.410 e. The summed E-state index contributed by atoms with van der Waals surface area (Å²) in [5.41, 5.74) is -0.756. The van der Waals surface area contributed by atoms with Gasteiger partial charge in [0.2, 0.25) is 0 Å². The summed E-state index contributed by atoms with van der Waals surface area (Å²) in [6.07, 6.45) is 3.23. The molecule has 1 saturated heterocycles. The van der Waals surface area contributed by atoms with Crippen LogP contribution in [0.1, 0.15) is 60.3 Å². The number of carbonyl (C=O) groups excluding carboxylic acids is 1. The van der Waals surface area contributed by atoms with E-state index in [1.165, 1.54) is 6.07 Å². The lowest BCUT2D eigenvalue weighted by molar-refractivity contribution is 0.00295. The summed E-state index contributed by atoms with van der Waals surface area (Å²) in [4.78, 5) is 18.6. The third-order valence-electron chi connectivity index (χ3n) is 4.73. The third-order valence-corrected chi connectivity index (χ3v) is 5.54. The van der Waals surface area contributed by atoms with E-state index in [-0.39, 0.29) is 22.7 Å². The lowest BCUT2D eigenvalue weighted by atomic mass is 10.0. The first kappa shape index (κ1) is 22.4. The molecule has 2 rings (SSSR count). The number of amides is 1. The number of primary sulfonamides is 1.